The van der Waals surface area contributed by atoms with Crippen molar-refractivity contribution in [2.24, 2.45) is 0 Å². The van der Waals surface area contributed by atoms with Gasteiger partial charge in [-0.2, -0.15) is 0 Å². The summed E-state index contributed by atoms with van der Waals surface area (Å²) in [4.78, 5) is 25.1. The zero-order valence-corrected chi connectivity index (χ0v) is 15.9. The predicted octanol–water partition coefficient (Wildman–Crippen LogP) is 4.20. The van der Waals surface area contributed by atoms with E-state index in [0.29, 0.717) is 50.3 Å². The molecule has 0 fully saturated rings. The fourth-order valence-electron chi connectivity index (χ4n) is 3.42. The average Bonchev–Trinajstić information content (AvgIpc) is 2.66. The predicted molar refractivity (Wildman–Crippen MR) is 107 cm³/mol. The summed E-state index contributed by atoms with van der Waals surface area (Å²) < 4.78 is 21.9. The van der Waals surface area contributed by atoms with Crippen LogP contribution in [0.1, 0.15) is 11.3 Å². The van der Waals surface area contributed by atoms with Crippen LogP contribution in [0.4, 0.5) is 0 Å². The largest absolute Gasteiger partial charge is 0.497 e. The fraction of sp³-hybridized carbons (Fsp3) is 0.182. The molecule has 4 rings (SSSR count). The summed E-state index contributed by atoms with van der Waals surface area (Å²) in [5.41, 5.74) is 1.10. The Kier molecular flexibility index (Phi) is 4.19. The maximum Gasteiger partial charge on any atom is 0.343 e. The first-order valence-corrected chi connectivity index (χ1v) is 8.66. The van der Waals surface area contributed by atoms with E-state index in [9.17, 15) is 9.59 Å². The molecular formula is C22H18O6. The average molecular weight is 378 g/mol. The van der Waals surface area contributed by atoms with E-state index >= 15 is 0 Å². The summed E-state index contributed by atoms with van der Waals surface area (Å²) in [6.07, 6.45) is 0. The minimum atomic E-state index is -0.476. The Morgan fingerprint density at radius 2 is 1.50 bits per heavy atom. The van der Waals surface area contributed by atoms with Crippen molar-refractivity contribution in [3.8, 4) is 22.8 Å². The SMILES string of the molecule is COc1cc(C)c2c(=O)cc(-c3cc(OC)cc4c(=O)oc(C)cc34)oc2c1. The third kappa shape index (κ3) is 2.83. The molecule has 0 saturated heterocycles. The van der Waals surface area contributed by atoms with Crippen LogP contribution in [0.5, 0.6) is 11.5 Å². The van der Waals surface area contributed by atoms with Crippen molar-refractivity contribution in [1.82, 2.24) is 0 Å². The van der Waals surface area contributed by atoms with Gasteiger partial charge >= 0.3 is 5.63 Å². The molecule has 2 aromatic carbocycles. The van der Waals surface area contributed by atoms with Gasteiger partial charge in [0.15, 0.2) is 5.43 Å². The van der Waals surface area contributed by atoms with Gasteiger partial charge in [0.25, 0.3) is 0 Å². The summed E-state index contributed by atoms with van der Waals surface area (Å²) in [5, 5.41) is 1.47. The standard InChI is InChI=1S/C22H18O6/c1-11-5-13(25-3)9-20-21(11)18(23)10-19(28-20)16-7-14(26-4)8-17-15(16)6-12(2)27-22(17)24/h5-10H,1-4H3. The summed E-state index contributed by atoms with van der Waals surface area (Å²) in [5.74, 6) is 1.85. The van der Waals surface area contributed by atoms with Gasteiger partial charge in [0.05, 0.1) is 25.0 Å². The van der Waals surface area contributed by atoms with Crippen molar-refractivity contribution in [2.45, 2.75) is 13.8 Å². The first kappa shape index (κ1) is 17.9. The van der Waals surface area contributed by atoms with Gasteiger partial charge in [0.2, 0.25) is 0 Å². The van der Waals surface area contributed by atoms with Crippen LogP contribution in [0.25, 0.3) is 33.1 Å². The van der Waals surface area contributed by atoms with E-state index in [1.165, 1.54) is 13.2 Å². The molecule has 0 aliphatic heterocycles. The molecule has 4 aromatic rings. The van der Waals surface area contributed by atoms with E-state index in [2.05, 4.69) is 0 Å². The van der Waals surface area contributed by atoms with E-state index < -0.39 is 5.63 Å². The van der Waals surface area contributed by atoms with E-state index in [4.69, 9.17) is 18.3 Å². The minimum Gasteiger partial charge on any atom is -0.497 e. The Bertz CT molecular complexity index is 1340. The molecule has 0 spiro atoms. The first-order valence-electron chi connectivity index (χ1n) is 8.66. The second-order valence-corrected chi connectivity index (χ2v) is 6.57. The first-order chi connectivity index (χ1) is 13.4. The monoisotopic (exact) mass is 378 g/mol. The van der Waals surface area contributed by atoms with Crippen molar-refractivity contribution in [1.29, 1.82) is 0 Å². The van der Waals surface area contributed by atoms with E-state index in [0.717, 1.165) is 5.56 Å². The molecular weight excluding hydrogens is 360 g/mol. The molecule has 2 heterocycles. The minimum absolute atomic E-state index is 0.174. The van der Waals surface area contributed by atoms with Gasteiger partial charge < -0.3 is 18.3 Å². The lowest BCUT2D eigenvalue weighted by atomic mass is 10.0. The Morgan fingerprint density at radius 3 is 2.21 bits per heavy atom. The number of ether oxygens (including phenoxy) is 2. The molecule has 0 unspecified atom stereocenters. The smallest absolute Gasteiger partial charge is 0.343 e. The van der Waals surface area contributed by atoms with E-state index in [1.807, 2.05) is 6.92 Å². The Morgan fingerprint density at radius 1 is 0.786 bits per heavy atom. The molecule has 142 valence electrons. The van der Waals surface area contributed by atoms with Gasteiger partial charge in [-0.25, -0.2) is 4.79 Å². The van der Waals surface area contributed by atoms with Crippen LogP contribution in [0.2, 0.25) is 0 Å². The normalized spacial score (nSPS) is 11.1. The zero-order chi connectivity index (χ0) is 20.0. The number of hydrogen-bond acceptors (Lipinski definition) is 6. The van der Waals surface area contributed by atoms with Gasteiger partial charge in [-0.05, 0) is 43.7 Å². The molecule has 0 radical (unpaired) electrons. The van der Waals surface area contributed by atoms with Crippen LogP contribution in [0.3, 0.4) is 0 Å². The van der Waals surface area contributed by atoms with Crippen molar-refractivity contribution in [2.75, 3.05) is 14.2 Å². The molecule has 28 heavy (non-hydrogen) atoms. The fourth-order valence-corrected chi connectivity index (χ4v) is 3.42. The second-order valence-electron chi connectivity index (χ2n) is 6.57. The molecule has 0 aliphatic rings. The number of benzene rings is 2. The number of methoxy groups -OCH3 is 2. The van der Waals surface area contributed by atoms with Gasteiger partial charge in [0.1, 0.15) is 28.6 Å². The highest BCUT2D eigenvalue weighted by molar-refractivity contribution is 5.97. The lowest BCUT2D eigenvalue weighted by Crippen LogP contribution is -2.05. The Hall–Kier alpha value is -3.54. The van der Waals surface area contributed by atoms with Gasteiger partial charge in [0, 0.05) is 23.1 Å². The van der Waals surface area contributed by atoms with Gasteiger partial charge in [-0.1, -0.05) is 0 Å². The maximum absolute atomic E-state index is 12.8. The lowest BCUT2D eigenvalue weighted by molar-refractivity contribution is 0.414. The van der Waals surface area contributed by atoms with Crippen LogP contribution in [-0.4, -0.2) is 14.2 Å². The summed E-state index contributed by atoms with van der Waals surface area (Å²) in [6, 6.07) is 9.98. The summed E-state index contributed by atoms with van der Waals surface area (Å²) >= 11 is 0. The van der Waals surface area contributed by atoms with Crippen LogP contribution in [0, 0.1) is 13.8 Å². The topological polar surface area (TPSA) is 78.9 Å². The van der Waals surface area contributed by atoms with Crippen molar-refractivity contribution < 1.29 is 18.3 Å². The quantitative estimate of drug-likeness (QED) is 0.532. The summed E-state index contributed by atoms with van der Waals surface area (Å²) in [6.45, 7) is 3.52. The third-order valence-corrected chi connectivity index (χ3v) is 4.71. The number of fused-ring (bicyclic) bond motifs is 2. The highest BCUT2D eigenvalue weighted by Crippen LogP contribution is 2.34. The Labute approximate surface area is 159 Å². The highest BCUT2D eigenvalue weighted by atomic mass is 16.5. The van der Waals surface area contributed by atoms with Crippen molar-refractivity contribution in [3.63, 3.8) is 0 Å². The van der Waals surface area contributed by atoms with Crippen molar-refractivity contribution >= 4 is 21.7 Å². The van der Waals surface area contributed by atoms with E-state index in [1.54, 1.807) is 44.4 Å². The van der Waals surface area contributed by atoms with Crippen molar-refractivity contribution in [3.05, 3.63) is 68.4 Å². The molecule has 0 bridgehead atoms. The maximum atomic E-state index is 12.8. The molecule has 0 atom stereocenters. The molecule has 0 saturated carbocycles. The molecule has 0 amide bonds. The molecule has 2 aromatic heterocycles. The third-order valence-electron chi connectivity index (χ3n) is 4.71. The van der Waals surface area contributed by atoms with Crippen LogP contribution < -0.4 is 20.5 Å². The van der Waals surface area contributed by atoms with Crippen LogP contribution in [0.15, 0.2) is 54.8 Å². The summed E-state index contributed by atoms with van der Waals surface area (Å²) in [7, 11) is 3.06. The zero-order valence-electron chi connectivity index (χ0n) is 15.9. The van der Waals surface area contributed by atoms with Gasteiger partial charge in [-0.3, -0.25) is 4.79 Å². The molecule has 6 heteroatoms. The number of aryl methyl sites for hydroxylation is 2. The lowest BCUT2D eigenvalue weighted by Gasteiger charge is -2.11. The van der Waals surface area contributed by atoms with Gasteiger partial charge in [-0.15, -0.1) is 0 Å². The number of rotatable bonds is 3. The van der Waals surface area contributed by atoms with Crippen LogP contribution >= 0.6 is 0 Å². The molecule has 0 aliphatic carbocycles. The van der Waals surface area contributed by atoms with E-state index in [-0.39, 0.29) is 5.43 Å². The molecule has 6 nitrogen and oxygen atoms in total. The number of hydrogen-bond donors (Lipinski definition) is 0. The highest BCUT2D eigenvalue weighted by Gasteiger charge is 2.16. The van der Waals surface area contributed by atoms with Crippen LogP contribution in [-0.2, 0) is 0 Å². The Balaban J connectivity index is 2.11. The second kappa shape index (κ2) is 6.56. The molecule has 0 N–H and O–H groups in total.